The zero-order valence-electron chi connectivity index (χ0n) is 8.27. The van der Waals surface area contributed by atoms with Crippen molar-refractivity contribution in [3.8, 4) is 0 Å². The molecule has 0 atom stereocenters. The molecule has 0 unspecified atom stereocenters. The van der Waals surface area contributed by atoms with Crippen LogP contribution in [0.15, 0.2) is 24.5 Å². The second kappa shape index (κ2) is 3.08. The van der Waals surface area contributed by atoms with Gasteiger partial charge < -0.3 is 11.1 Å². The molecule has 1 aromatic carbocycles. The molecule has 0 radical (unpaired) electrons. The number of fused-ring (bicyclic) bond motifs is 1. The molecule has 1 aromatic heterocycles. The Hall–Kier alpha value is -1.84. The maximum atomic E-state index is 5.76. The molecular weight excluding hydrogens is 188 g/mol. The third kappa shape index (κ3) is 1.58. The van der Waals surface area contributed by atoms with Gasteiger partial charge in [-0.3, -0.25) is 0 Å². The molecule has 1 aliphatic carbocycles. The minimum atomic E-state index is 0.588. The van der Waals surface area contributed by atoms with Crippen molar-refractivity contribution in [1.82, 2.24) is 9.97 Å². The van der Waals surface area contributed by atoms with Crippen LogP contribution in [-0.2, 0) is 0 Å². The Morgan fingerprint density at radius 1 is 1.27 bits per heavy atom. The van der Waals surface area contributed by atoms with Crippen molar-refractivity contribution in [2.45, 2.75) is 18.9 Å². The van der Waals surface area contributed by atoms with E-state index in [0.29, 0.717) is 6.04 Å². The Morgan fingerprint density at radius 3 is 2.93 bits per heavy atom. The van der Waals surface area contributed by atoms with Gasteiger partial charge in [0.1, 0.15) is 12.1 Å². The highest BCUT2D eigenvalue weighted by atomic mass is 15.1. The van der Waals surface area contributed by atoms with Gasteiger partial charge in [0.15, 0.2) is 0 Å². The summed E-state index contributed by atoms with van der Waals surface area (Å²) in [5, 5.41) is 4.38. The molecule has 0 aliphatic heterocycles. The summed E-state index contributed by atoms with van der Waals surface area (Å²) in [5.74, 6) is 0.898. The predicted molar refractivity (Wildman–Crippen MR) is 60.6 cm³/mol. The first kappa shape index (κ1) is 8.47. The van der Waals surface area contributed by atoms with Gasteiger partial charge in [0.05, 0.1) is 5.52 Å². The van der Waals surface area contributed by atoms with Crippen molar-refractivity contribution in [2.24, 2.45) is 0 Å². The van der Waals surface area contributed by atoms with Crippen LogP contribution in [0.5, 0.6) is 0 Å². The van der Waals surface area contributed by atoms with Crippen LogP contribution in [0.2, 0.25) is 0 Å². The Balaban J connectivity index is 2.13. The number of nitrogens with zero attached hydrogens (tertiary/aromatic N) is 2. The number of hydrogen-bond acceptors (Lipinski definition) is 4. The van der Waals surface area contributed by atoms with Gasteiger partial charge in [0, 0.05) is 17.1 Å². The van der Waals surface area contributed by atoms with Gasteiger partial charge in [0.25, 0.3) is 0 Å². The van der Waals surface area contributed by atoms with Crippen LogP contribution in [0.4, 0.5) is 11.5 Å². The average Bonchev–Trinajstić information content (AvgIpc) is 3.03. The molecule has 3 N–H and O–H groups in total. The fourth-order valence-electron chi connectivity index (χ4n) is 1.61. The van der Waals surface area contributed by atoms with Crippen LogP contribution in [0.1, 0.15) is 12.8 Å². The van der Waals surface area contributed by atoms with E-state index in [9.17, 15) is 0 Å². The van der Waals surface area contributed by atoms with E-state index in [1.165, 1.54) is 12.8 Å². The fraction of sp³-hybridized carbons (Fsp3) is 0.273. The molecule has 1 saturated carbocycles. The molecule has 1 heterocycles. The molecule has 76 valence electrons. The standard InChI is InChI=1S/C11H12N4/c12-7-1-4-10-9(5-7)11(14-6-13-10)15-8-2-3-8/h1,4-6,8H,2-3,12H2,(H,13,14,15). The normalized spacial score (nSPS) is 15.5. The van der Waals surface area contributed by atoms with E-state index in [1.807, 2.05) is 18.2 Å². The minimum Gasteiger partial charge on any atom is -0.399 e. The summed E-state index contributed by atoms with van der Waals surface area (Å²) in [6.45, 7) is 0. The van der Waals surface area contributed by atoms with Gasteiger partial charge in [-0.25, -0.2) is 9.97 Å². The summed E-state index contributed by atoms with van der Waals surface area (Å²) >= 11 is 0. The van der Waals surface area contributed by atoms with Crippen LogP contribution < -0.4 is 11.1 Å². The second-order valence-electron chi connectivity index (χ2n) is 3.92. The number of benzene rings is 1. The van der Waals surface area contributed by atoms with E-state index in [1.54, 1.807) is 6.33 Å². The van der Waals surface area contributed by atoms with E-state index >= 15 is 0 Å². The van der Waals surface area contributed by atoms with Crippen molar-refractivity contribution in [2.75, 3.05) is 11.1 Å². The number of nitrogen functional groups attached to an aromatic ring is 1. The summed E-state index contributed by atoms with van der Waals surface area (Å²) in [7, 11) is 0. The quantitative estimate of drug-likeness (QED) is 0.725. The SMILES string of the molecule is Nc1ccc2ncnc(NC3CC3)c2c1. The third-order valence-electron chi connectivity index (χ3n) is 2.58. The van der Waals surface area contributed by atoms with Crippen molar-refractivity contribution < 1.29 is 0 Å². The lowest BCUT2D eigenvalue weighted by atomic mass is 10.2. The summed E-state index contributed by atoms with van der Waals surface area (Å²) in [6.07, 6.45) is 4.05. The fourth-order valence-corrected chi connectivity index (χ4v) is 1.61. The van der Waals surface area contributed by atoms with Crippen molar-refractivity contribution in [3.05, 3.63) is 24.5 Å². The number of nitrogens with one attached hydrogen (secondary N) is 1. The maximum absolute atomic E-state index is 5.76. The molecule has 3 rings (SSSR count). The van der Waals surface area contributed by atoms with Gasteiger partial charge in [0.2, 0.25) is 0 Å². The van der Waals surface area contributed by atoms with E-state index in [-0.39, 0.29) is 0 Å². The van der Waals surface area contributed by atoms with Crippen LogP contribution in [0.3, 0.4) is 0 Å². The number of nitrogens with two attached hydrogens (primary N) is 1. The Kier molecular flexibility index (Phi) is 1.74. The van der Waals surface area contributed by atoms with Crippen LogP contribution in [0.25, 0.3) is 10.9 Å². The highest BCUT2D eigenvalue weighted by molar-refractivity contribution is 5.91. The summed E-state index contributed by atoms with van der Waals surface area (Å²) in [4.78, 5) is 8.45. The van der Waals surface area contributed by atoms with E-state index < -0.39 is 0 Å². The molecule has 1 fully saturated rings. The van der Waals surface area contributed by atoms with Gasteiger partial charge in [-0.15, -0.1) is 0 Å². The minimum absolute atomic E-state index is 0.588. The van der Waals surface area contributed by atoms with Crippen molar-refractivity contribution in [1.29, 1.82) is 0 Å². The first-order chi connectivity index (χ1) is 7.33. The van der Waals surface area contributed by atoms with Gasteiger partial charge in [-0.2, -0.15) is 0 Å². The maximum Gasteiger partial charge on any atom is 0.137 e. The summed E-state index contributed by atoms with van der Waals surface area (Å²) in [5.41, 5.74) is 7.44. The van der Waals surface area contributed by atoms with Crippen LogP contribution in [0, 0.1) is 0 Å². The molecule has 4 heteroatoms. The first-order valence-corrected chi connectivity index (χ1v) is 5.10. The lowest BCUT2D eigenvalue weighted by Gasteiger charge is -2.07. The van der Waals surface area contributed by atoms with Gasteiger partial charge in [-0.1, -0.05) is 0 Å². The van der Waals surface area contributed by atoms with E-state index in [0.717, 1.165) is 22.4 Å². The van der Waals surface area contributed by atoms with E-state index in [2.05, 4.69) is 15.3 Å². The number of rotatable bonds is 2. The lowest BCUT2D eigenvalue weighted by Crippen LogP contribution is -2.04. The molecule has 0 spiro atoms. The topological polar surface area (TPSA) is 63.8 Å². The summed E-state index contributed by atoms with van der Waals surface area (Å²) < 4.78 is 0. The smallest absolute Gasteiger partial charge is 0.137 e. The second-order valence-corrected chi connectivity index (χ2v) is 3.92. The predicted octanol–water partition coefficient (Wildman–Crippen LogP) is 1.79. The van der Waals surface area contributed by atoms with Crippen LogP contribution in [-0.4, -0.2) is 16.0 Å². The Labute approximate surface area is 87.5 Å². The van der Waals surface area contributed by atoms with Crippen molar-refractivity contribution in [3.63, 3.8) is 0 Å². The molecule has 0 bridgehead atoms. The number of hydrogen-bond donors (Lipinski definition) is 2. The highest BCUT2D eigenvalue weighted by Gasteiger charge is 2.22. The first-order valence-electron chi connectivity index (χ1n) is 5.10. The molecule has 4 nitrogen and oxygen atoms in total. The van der Waals surface area contributed by atoms with Crippen LogP contribution >= 0.6 is 0 Å². The zero-order valence-corrected chi connectivity index (χ0v) is 8.27. The van der Waals surface area contributed by atoms with Gasteiger partial charge in [-0.05, 0) is 31.0 Å². The monoisotopic (exact) mass is 200 g/mol. The number of aromatic nitrogens is 2. The molecular formula is C11H12N4. The molecule has 15 heavy (non-hydrogen) atoms. The Bertz CT molecular complexity index is 505. The average molecular weight is 200 g/mol. The number of anilines is 2. The third-order valence-corrected chi connectivity index (χ3v) is 2.58. The summed E-state index contributed by atoms with van der Waals surface area (Å²) in [6, 6.07) is 6.28. The lowest BCUT2D eigenvalue weighted by molar-refractivity contribution is 1.10. The molecule has 0 amide bonds. The molecule has 1 aliphatic rings. The van der Waals surface area contributed by atoms with Crippen molar-refractivity contribution >= 4 is 22.4 Å². The van der Waals surface area contributed by atoms with E-state index in [4.69, 9.17) is 5.73 Å². The Morgan fingerprint density at radius 2 is 2.13 bits per heavy atom. The largest absolute Gasteiger partial charge is 0.399 e. The molecule has 2 aromatic rings. The molecule has 0 saturated heterocycles. The zero-order chi connectivity index (χ0) is 10.3. The van der Waals surface area contributed by atoms with Gasteiger partial charge >= 0.3 is 0 Å². The highest BCUT2D eigenvalue weighted by Crippen LogP contribution is 2.28.